The van der Waals surface area contributed by atoms with E-state index < -0.39 is 0 Å². The Balaban J connectivity index is 2.29. The number of likely N-dealkylation sites (N-methyl/N-ethyl adjacent to an activating group) is 1. The maximum atomic E-state index is 11.7. The Kier molecular flexibility index (Phi) is 3.56. The van der Waals surface area contributed by atoms with Crippen LogP contribution in [0.3, 0.4) is 0 Å². The molecule has 16 heavy (non-hydrogen) atoms. The molecule has 0 saturated carbocycles. The van der Waals surface area contributed by atoms with Crippen molar-refractivity contribution in [2.45, 2.75) is 6.42 Å². The molecule has 2 rings (SSSR count). The van der Waals surface area contributed by atoms with E-state index in [2.05, 4.69) is 20.8 Å². The summed E-state index contributed by atoms with van der Waals surface area (Å²) in [5.74, 6) is 0.272. The number of nitrogens with zero attached hydrogens (tertiary/aromatic N) is 1. The molecule has 0 aliphatic carbocycles. The number of hydrogen-bond donors (Lipinski definition) is 0. The summed E-state index contributed by atoms with van der Waals surface area (Å²) in [6, 6.07) is 7.96. The zero-order valence-electron chi connectivity index (χ0n) is 9.24. The molecule has 0 unspecified atom stereocenters. The quantitative estimate of drug-likeness (QED) is 0.737. The second-order valence-electron chi connectivity index (χ2n) is 4.10. The van der Waals surface area contributed by atoms with Crippen molar-refractivity contribution in [1.82, 2.24) is 4.90 Å². The van der Waals surface area contributed by atoms with E-state index in [0.29, 0.717) is 6.42 Å². The molecular formula is C13H14BrNO. The molecule has 1 saturated heterocycles. The second-order valence-corrected chi connectivity index (χ2v) is 4.96. The van der Waals surface area contributed by atoms with Crippen LogP contribution in [0, 0.1) is 0 Å². The molecule has 2 nitrogen and oxygen atoms in total. The molecule has 0 bridgehead atoms. The lowest BCUT2D eigenvalue weighted by atomic mass is 10.0. The molecule has 3 heteroatoms. The van der Waals surface area contributed by atoms with Crippen molar-refractivity contribution in [2.24, 2.45) is 0 Å². The van der Waals surface area contributed by atoms with Crippen LogP contribution in [0.25, 0.3) is 6.08 Å². The van der Waals surface area contributed by atoms with Crippen LogP contribution >= 0.6 is 15.9 Å². The zero-order valence-corrected chi connectivity index (χ0v) is 10.8. The predicted molar refractivity (Wildman–Crippen MR) is 69.2 cm³/mol. The van der Waals surface area contributed by atoms with E-state index in [4.69, 9.17) is 0 Å². The Morgan fingerprint density at radius 3 is 2.88 bits per heavy atom. The Morgan fingerprint density at radius 2 is 2.12 bits per heavy atom. The smallest absolute Gasteiger partial charge is 0.161 e. The third-order valence-corrected chi connectivity index (χ3v) is 3.48. The molecule has 1 aromatic rings. The van der Waals surface area contributed by atoms with Crippen LogP contribution in [0.2, 0.25) is 0 Å². The standard InChI is InChI=1S/C13H14BrNO/c1-15-7-6-13(16)11(9-15)8-10-4-2-3-5-12(10)14/h2-5,8H,6-7,9H2,1H3/b11-8+. The summed E-state index contributed by atoms with van der Waals surface area (Å²) in [4.78, 5) is 13.9. The van der Waals surface area contributed by atoms with Crippen LogP contribution < -0.4 is 0 Å². The highest BCUT2D eigenvalue weighted by Crippen LogP contribution is 2.21. The molecule has 0 aromatic heterocycles. The molecule has 0 radical (unpaired) electrons. The van der Waals surface area contributed by atoms with Gasteiger partial charge in [-0.15, -0.1) is 0 Å². The number of Topliss-reactive ketones (excluding diaryl/α,β-unsaturated/α-hetero) is 1. The van der Waals surface area contributed by atoms with Gasteiger partial charge in [0.05, 0.1) is 0 Å². The van der Waals surface area contributed by atoms with Crippen LogP contribution in [-0.4, -0.2) is 30.8 Å². The van der Waals surface area contributed by atoms with Gasteiger partial charge in [-0.3, -0.25) is 4.79 Å². The van der Waals surface area contributed by atoms with E-state index in [1.807, 2.05) is 37.4 Å². The number of carbonyl (C=O) groups is 1. The largest absolute Gasteiger partial charge is 0.302 e. The van der Waals surface area contributed by atoms with E-state index in [0.717, 1.165) is 28.7 Å². The van der Waals surface area contributed by atoms with Crippen LogP contribution in [0.15, 0.2) is 34.3 Å². The topological polar surface area (TPSA) is 20.3 Å². The fourth-order valence-corrected chi connectivity index (χ4v) is 2.22. The van der Waals surface area contributed by atoms with Crippen molar-refractivity contribution in [2.75, 3.05) is 20.1 Å². The molecule has 0 atom stereocenters. The highest BCUT2D eigenvalue weighted by molar-refractivity contribution is 9.10. The monoisotopic (exact) mass is 279 g/mol. The van der Waals surface area contributed by atoms with Crippen molar-refractivity contribution in [3.63, 3.8) is 0 Å². The summed E-state index contributed by atoms with van der Waals surface area (Å²) in [7, 11) is 2.04. The number of ketones is 1. The van der Waals surface area contributed by atoms with Gasteiger partial charge in [-0.2, -0.15) is 0 Å². The first-order chi connectivity index (χ1) is 7.66. The predicted octanol–water partition coefficient (Wildman–Crippen LogP) is 2.74. The summed E-state index contributed by atoms with van der Waals surface area (Å²) in [5.41, 5.74) is 1.97. The number of piperidine rings is 1. The molecular weight excluding hydrogens is 266 g/mol. The minimum atomic E-state index is 0.272. The maximum Gasteiger partial charge on any atom is 0.161 e. The first kappa shape index (κ1) is 11.6. The van der Waals surface area contributed by atoms with Crippen LogP contribution in [0.1, 0.15) is 12.0 Å². The van der Waals surface area contributed by atoms with Gasteiger partial charge >= 0.3 is 0 Å². The van der Waals surface area contributed by atoms with Gasteiger partial charge in [-0.05, 0) is 24.8 Å². The molecule has 1 aliphatic rings. The first-order valence-corrected chi connectivity index (χ1v) is 6.13. The molecule has 0 amide bonds. The Labute approximate surface area is 104 Å². The van der Waals surface area contributed by atoms with E-state index >= 15 is 0 Å². The summed E-state index contributed by atoms with van der Waals surface area (Å²) >= 11 is 3.49. The maximum absolute atomic E-state index is 11.7. The normalized spacial score (nSPS) is 20.4. The lowest BCUT2D eigenvalue weighted by Gasteiger charge is -2.23. The molecule has 1 aliphatic heterocycles. The SMILES string of the molecule is CN1CCC(=O)/C(=C/c2ccccc2Br)C1. The highest BCUT2D eigenvalue weighted by Gasteiger charge is 2.18. The van der Waals surface area contributed by atoms with E-state index in [1.54, 1.807) is 0 Å². The molecule has 84 valence electrons. The number of likely N-dealkylation sites (tertiary alicyclic amines) is 1. The van der Waals surface area contributed by atoms with E-state index in [1.165, 1.54) is 0 Å². The van der Waals surface area contributed by atoms with Gasteiger partial charge in [-0.25, -0.2) is 0 Å². The average Bonchev–Trinajstić information content (AvgIpc) is 2.27. The van der Waals surface area contributed by atoms with Crippen molar-refractivity contribution in [3.05, 3.63) is 39.9 Å². The number of hydrogen-bond acceptors (Lipinski definition) is 2. The molecule has 1 aromatic carbocycles. The van der Waals surface area contributed by atoms with Crippen LogP contribution in [0.4, 0.5) is 0 Å². The van der Waals surface area contributed by atoms with Crippen LogP contribution in [0.5, 0.6) is 0 Å². The lowest BCUT2D eigenvalue weighted by molar-refractivity contribution is -0.117. The number of benzene rings is 1. The van der Waals surface area contributed by atoms with Gasteiger partial charge in [-0.1, -0.05) is 34.1 Å². The highest BCUT2D eigenvalue weighted by atomic mass is 79.9. The Morgan fingerprint density at radius 1 is 1.38 bits per heavy atom. The Hall–Kier alpha value is -0.930. The van der Waals surface area contributed by atoms with E-state index in [9.17, 15) is 4.79 Å². The van der Waals surface area contributed by atoms with Gasteiger partial charge in [0.2, 0.25) is 0 Å². The summed E-state index contributed by atoms with van der Waals surface area (Å²) < 4.78 is 1.03. The fourth-order valence-electron chi connectivity index (χ4n) is 1.82. The van der Waals surface area contributed by atoms with Gasteiger partial charge < -0.3 is 4.90 Å². The number of halogens is 1. The van der Waals surface area contributed by atoms with E-state index in [-0.39, 0.29) is 5.78 Å². The molecule has 1 heterocycles. The molecule has 0 N–H and O–H groups in total. The van der Waals surface area contributed by atoms with Crippen molar-refractivity contribution in [3.8, 4) is 0 Å². The fraction of sp³-hybridized carbons (Fsp3) is 0.308. The summed E-state index contributed by atoms with van der Waals surface area (Å²) in [6.07, 6.45) is 2.62. The second kappa shape index (κ2) is 4.93. The van der Waals surface area contributed by atoms with Gasteiger partial charge in [0.15, 0.2) is 5.78 Å². The summed E-state index contributed by atoms with van der Waals surface area (Å²) in [6.45, 7) is 1.62. The molecule has 0 spiro atoms. The first-order valence-electron chi connectivity index (χ1n) is 5.33. The minimum absolute atomic E-state index is 0.272. The minimum Gasteiger partial charge on any atom is -0.302 e. The van der Waals surface area contributed by atoms with Crippen molar-refractivity contribution >= 4 is 27.8 Å². The average molecular weight is 280 g/mol. The third kappa shape index (κ3) is 2.60. The number of carbonyl (C=O) groups excluding carboxylic acids is 1. The van der Waals surface area contributed by atoms with Crippen molar-refractivity contribution < 1.29 is 4.79 Å². The molecule has 1 fully saturated rings. The zero-order chi connectivity index (χ0) is 11.5. The Bertz CT molecular complexity index is 439. The third-order valence-electron chi connectivity index (χ3n) is 2.75. The van der Waals surface area contributed by atoms with Crippen LogP contribution in [-0.2, 0) is 4.79 Å². The number of rotatable bonds is 1. The van der Waals surface area contributed by atoms with Gasteiger partial charge in [0, 0.05) is 29.6 Å². The lowest BCUT2D eigenvalue weighted by Crippen LogP contribution is -2.32. The summed E-state index contributed by atoms with van der Waals surface area (Å²) in [5, 5.41) is 0. The van der Waals surface area contributed by atoms with Crippen molar-refractivity contribution in [1.29, 1.82) is 0 Å². The van der Waals surface area contributed by atoms with Gasteiger partial charge in [0.1, 0.15) is 0 Å². The van der Waals surface area contributed by atoms with Gasteiger partial charge in [0.25, 0.3) is 0 Å².